The van der Waals surface area contributed by atoms with Crippen molar-refractivity contribution in [3.8, 4) is 5.75 Å². The summed E-state index contributed by atoms with van der Waals surface area (Å²) in [5.41, 5.74) is 2.83. The van der Waals surface area contributed by atoms with Crippen molar-refractivity contribution in [2.75, 3.05) is 13.4 Å². The van der Waals surface area contributed by atoms with Crippen LogP contribution in [0.25, 0.3) is 10.9 Å². The Morgan fingerprint density at radius 2 is 2.20 bits per heavy atom. The SMILES string of the molecule is CONC=CC(C)NC(=O)C(Oc1ccc2ncc(I)cc2c1)SC. The Hall–Kier alpha value is -1.52. The van der Waals surface area contributed by atoms with Gasteiger partial charge in [0.2, 0.25) is 5.44 Å². The summed E-state index contributed by atoms with van der Waals surface area (Å²) in [5.74, 6) is 0.443. The Labute approximate surface area is 164 Å². The van der Waals surface area contributed by atoms with Gasteiger partial charge in [0.1, 0.15) is 5.75 Å². The smallest absolute Gasteiger partial charge is 0.272 e. The van der Waals surface area contributed by atoms with E-state index in [2.05, 4.69) is 38.4 Å². The summed E-state index contributed by atoms with van der Waals surface area (Å²) in [6.07, 6.45) is 7.05. The van der Waals surface area contributed by atoms with Gasteiger partial charge in [-0.05, 0) is 66.1 Å². The summed E-state index contributed by atoms with van der Waals surface area (Å²) in [7, 11) is 1.52. The number of ether oxygens (including phenoxy) is 1. The summed E-state index contributed by atoms with van der Waals surface area (Å²) >= 11 is 3.55. The highest BCUT2D eigenvalue weighted by atomic mass is 127. The van der Waals surface area contributed by atoms with Crippen LogP contribution >= 0.6 is 34.4 Å². The number of benzene rings is 1. The lowest BCUT2D eigenvalue weighted by molar-refractivity contribution is -0.124. The monoisotopic (exact) mass is 473 g/mol. The number of hydroxylamine groups is 1. The molecule has 2 atom stereocenters. The molecule has 0 bridgehead atoms. The highest BCUT2D eigenvalue weighted by molar-refractivity contribution is 14.1. The van der Waals surface area contributed by atoms with E-state index in [1.807, 2.05) is 43.6 Å². The number of hydrogen-bond acceptors (Lipinski definition) is 6. The minimum absolute atomic E-state index is 0.157. The van der Waals surface area contributed by atoms with Crippen molar-refractivity contribution in [3.05, 3.63) is 46.3 Å². The predicted molar refractivity (Wildman–Crippen MR) is 109 cm³/mol. The van der Waals surface area contributed by atoms with E-state index in [9.17, 15) is 4.79 Å². The van der Waals surface area contributed by atoms with Crippen LogP contribution in [-0.4, -0.2) is 35.7 Å². The fourth-order valence-electron chi connectivity index (χ4n) is 2.08. The first-order valence-electron chi connectivity index (χ1n) is 7.54. The zero-order chi connectivity index (χ0) is 18.2. The molecule has 0 radical (unpaired) electrons. The van der Waals surface area contributed by atoms with Gasteiger partial charge >= 0.3 is 0 Å². The maximum Gasteiger partial charge on any atom is 0.272 e. The highest BCUT2D eigenvalue weighted by Gasteiger charge is 2.20. The lowest BCUT2D eigenvalue weighted by Gasteiger charge is -2.19. The topological polar surface area (TPSA) is 72.5 Å². The van der Waals surface area contributed by atoms with Crippen LogP contribution in [0.4, 0.5) is 0 Å². The molecule has 0 spiro atoms. The summed E-state index contributed by atoms with van der Waals surface area (Å²) < 4.78 is 6.90. The molecule has 0 saturated heterocycles. The second-order valence-corrected chi connectivity index (χ2v) is 7.32. The lowest BCUT2D eigenvalue weighted by atomic mass is 10.2. The van der Waals surface area contributed by atoms with E-state index in [0.29, 0.717) is 5.75 Å². The van der Waals surface area contributed by atoms with Gasteiger partial charge in [-0.1, -0.05) is 0 Å². The zero-order valence-electron chi connectivity index (χ0n) is 14.2. The van der Waals surface area contributed by atoms with E-state index in [1.54, 1.807) is 12.3 Å². The third-order valence-electron chi connectivity index (χ3n) is 3.23. The molecule has 0 saturated carbocycles. The minimum atomic E-state index is -0.639. The molecule has 134 valence electrons. The van der Waals surface area contributed by atoms with Crippen LogP contribution in [0, 0.1) is 3.57 Å². The predicted octanol–water partition coefficient (Wildman–Crippen LogP) is 3.08. The molecule has 0 aliphatic carbocycles. The number of nitrogens with one attached hydrogen (secondary N) is 2. The molecule has 2 aromatic rings. The van der Waals surface area contributed by atoms with E-state index in [-0.39, 0.29) is 11.9 Å². The van der Waals surface area contributed by atoms with E-state index < -0.39 is 5.44 Å². The molecule has 1 heterocycles. The number of aromatic nitrogens is 1. The van der Waals surface area contributed by atoms with Gasteiger partial charge in [-0.2, -0.15) is 0 Å². The second-order valence-electron chi connectivity index (χ2n) is 5.17. The summed E-state index contributed by atoms with van der Waals surface area (Å²) in [6.45, 7) is 1.87. The maximum absolute atomic E-state index is 12.4. The van der Waals surface area contributed by atoms with Crippen molar-refractivity contribution in [2.45, 2.75) is 18.4 Å². The molecule has 1 amide bonds. The number of thioether (sulfide) groups is 1. The highest BCUT2D eigenvalue weighted by Crippen LogP contribution is 2.23. The molecule has 6 nitrogen and oxygen atoms in total. The Balaban J connectivity index is 2.04. The third kappa shape index (κ3) is 6.05. The minimum Gasteiger partial charge on any atom is -0.470 e. The molecule has 1 aromatic heterocycles. The standard InChI is InChI=1S/C17H20IN3O3S/c1-11(6-7-20-23-2)21-16(22)17(25-3)24-14-4-5-15-12(9-14)8-13(18)10-19-15/h4-11,17,20H,1-3H3,(H,21,22). The van der Waals surface area contributed by atoms with Gasteiger partial charge in [0, 0.05) is 27.4 Å². The van der Waals surface area contributed by atoms with E-state index in [1.165, 1.54) is 18.9 Å². The zero-order valence-corrected chi connectivity index (χ0v) is 17.1. The molecule has 8 heteroatoms. The number of carbonyl (C=O) groups excluding carboxylic acids is 1. The van der Waals surface area contributed by atoms with Crippen molar-refractivity contribution < 1.29 is 14.4 Å². The molecule has 0 fully saturated rings. The Morgan fingerprint density at radius 1 is 1.40 bits per heavy atom. The van der Waals surface area contributed by atoms with E-state index >= 15 is 0 Å². The van der Waals surface area contributed by atoms with Gasteiger partial charge in [-0.3, -0.25) is 20.1 Å². The number of amides is 1. The molecule has 25 heavy (non-hydrogen) atoms. The molecular weight excluding hydrogens is 453 g/mol. The van der Waals surface area contributed by atoms with Crippen LogP contribution in [0.15, 0.2) is 42.7 Å². The molecule has 1 aromatic carbocycles. The number of carbonyl (C=O) groups is 1. The van der Waals surface area contributed by atoms with Crippen LogP contribution in [-0.2, 0) is 9.63 Å². The first kappa shape index (κ1) is 19.8. The number of rotatable bonds is 8. The van der Waals surface area contributed by atoms with Gasteiger partial charge in [0.05, 0.1) is 12.6 Å². The van der Waals surface area contributed by atoms with Crippen molar-refractivity contribution in [2.24, 2.45) is 0 Å². The first-order valence-corrected chi connectivity index (χ1v) is 9.90. The maximum atomic E-state index is 12.4. The summed E-state index contributed by atoms with van der Waals surface area (Å²) in [5, 5.41) is 3.85. The molecular formula is C17H20IN3O3S. The number of hydrogen-bond donors (Lipinski definition) is 2. The van der Waals surface area contributed by atoms with Gasteiger partial charge < -0.3 is 10.1 Å². The van der Waals surface area contributed by atoms with Crippen LogP contribution in [0.5, 0.6) is 5.75 Å². The number of pyridine rings is 1. The normalized spacial score (nSPS) is 13.6. The van der Waals surface area contributed by atoms with Gasteiger partial charge in [-0.25, -0.2) is 0 Å². The van der Waals surface area contributed by atoms with Crippen molar-refractivity contribution >= 4 is 51.2 Å². The first-order chi connectivity index (χ1) is 12.0. The van der Waals surface area contributed by atoms with Crippen LogP contribution in [0.2, 0.25) is 0 Å². The Morgan fingerprint density at radius 3 is 2.92 bits per heavy atom. The van der Waals surface area contributed by atoms with Gasteiger partial charge in [0.25, 0.3) is 5.91 Å². The molecule has 0 aliphatic heterocycles. The largest absolute Gasteiger partial charge is 0.470 e. The van der Waals surface area contributed by atoms with Crippen molar-refractivity contribution in [3.63, 3.8) is 0 Å². The molecule has 2 unspecified atom stereocenters. The Kier molecular flexibility index (Phi) is 7.79. The molecule has 2 N–H and O–H groups in total. The van der Waals surface area contributed by atoms with Crippen molar-refractivity contribution in [1.82, 2.24) is 15.8 Å². The fourth-order valence-corrected chi connectivity index (χ4v) is 3.04. The average Bonchev–Trinajstić information content (AvgIpc) is 2.59. The van der Waals surface area contributed by atoms with Gasteiger partial charge in [0.15, 0.2) is 0 Å². The van der Waals surface area contributed by atoms with Crippen LogP contribution in [0.3, 0.4) is 0 Å². The number of nitrogens with zero attached hydrogens (tertiary/aromatic N) is 1. The molecule has 2 rings (SSSR count). The van der Waals surface area contributed by atoms with Crippen LogP contribution in [0.1, 0.15) is 6.92 Å². The fraction of sp³-hybridized carbons (Fsp3) is 0.294. The van der Waals surface area contributed by atoms with Crippen LogP contribution < -0.4 is 15.5 Å². The number of fused-ring (bicyclic) bond motifs is 1. The molecule has 0 aliphatic rings. The number of halogens is 1. The quantitative estimate of drug-likeness (QED) is 0.349. The summed E-state index contributed by atoms with van der Waals surface area (Å²) in [6, 6.07) is 7.48. The van der Waals surface area contributed by atoms with E-state index in [0.717, 1.165) is 14.5 Å². The third-order valence-corrected chi connectivity index (χ3v) is 4.56. The van der Waals surface area contributed by atoms with E-state index in [4.69, 9.17) is 9.57 Å². The van der Waals surface area contributed by atoms with Gasteiger partial charge in [-0.15, -0.1) is 11.8 Å². The second kappa shape index (κ2) is 9.83. The average molecular weight is 473 g/mol. The van der Waals surface area contributed by atoms with Crippen molar-refractivity contribution in [1.29, 1.82) is 0 Å². The lowest BCUT2D eigenvalue weighted by Crippen LogP contribution is -2.40. The Bertz CT molecular complexity index is 757. The summed E-state index contributed by atoms with van der Waals surface area (Å²) in [4.78, 5) is 21.4.